The first-order chi connectivity index (χ1) is 8.25. The molecule has 0 spiro atoms. The molecule has 0 unspecified atom stereocenters. The molecule has 0 aliphatic rings. The molecule has 0 atom stereocenters. The van der Waals surface area contributed by atoms with Crippen LogP contribution < -0.4 is 5.32 Å². The van der Waals surface area contributed by atoms with E-state index in [9.17, 15) is 10.1 Å². The summed E-state index contributed by atoms with van der Waals surface area (Å²) in [7, 11) is 0. The van der Waals surface area contributed by atoms with Gasteiger partial charge in [-0.2, -0.15) is 0 Å². The second-order valence-electron chi connectivity index (χ2n) is 3.50. The Bertz CT molecular complexity index is 479. The Morgan fingerprint density at radius 2 is 2.29 bits per heavy atom. The summed E-state index contributed by atoms with van der Waals surface area (Å²) < 4.78 is 5.02. The molecule has 0 aliphatic carbocycles. The zero-order valence-electron chi connectivity index (χ0n) is 9.09. The van der Waals surface area contributed by atoms with E-state index in [0.717, 1.165) is 13.0 Å². The first-order valence-electron chi connectivity index (χ1n) is 5.22. The summed E-state index contributed by atoms with van der Waals surface area (Å²) in [6, 6.07) is 7.10. The first kappa shape index (κ1) is 11.8. The van der Waals surface area contributed by atoms with Crippen LogP contribution in [0.4, 0.5) is 5.88 Å². The van der Waals surface area contributed by atoms with Gasteiger partial charge in [0, 0.05) is 11.4 Å². The summed E-state index contributed by atoms with van der Waals surface area (Å²) in [4.78, 5) is 11.2. The minimum absolute atomic E-state index is 0.208. The van der Waals surface area contributed by atoms with E-state index in [2.05, 4.69) is 11.4 Å². The van der Waals surface area contributed by atoms with Crippen LogP contribution in [-0.2, 0) is 13.0 Å². The molecule has 1 N–H and O–H groups in total. The molecule has 6 heteroatoms. The van der Waals surface area contributed by atoms with Gasteiger partial charge in [-0.25, -0.2) is 0 Å². The van der Waals surface area contributed by atoms with Crippen molar-refractivity contribution >= 4 is 17.2 Å². The Morgan fingerprint density at radius 3 is 2.94 bits per heavy atom. The molecule has 5 nitrogen and oxygen atoms in total. The second-order valence-corrected chi connectivity index (χ2v) is 4.54. The van der Waals surface area contributed by atoms with Gasteiger partial charge in [0.1, 0.15) is 10.7 Å². The quantitative estimate of drug-likeness (QED) is 0.487. The normalized spacial score (nSPS) is 10.6. The van der Waals surface area contributed by atoms with Crippen LogP contribution in [0.2, 0.25) is 0 Å². The van der Waals surface area contributed by atoms with Crippen molar-refractivity contribution in [2.75, 3.05) is 6.54 Å². The van der Waals surface area contributed by atoms with Gasteiger partial charge in [0.25, 0.3) is 0 Å². The van der Waals surface area contributed by atoms with Crippen molar-refractivity contribution in [3.63, 3.8) is 0 Å². The van der Waals surface area contributed by atoms with Crippen molar-refractivity contribution in [3.05, 3.63) is 50.4 Å². The molecule has 0 aromatic carbocycles. The average molecular weight is 252 g/mol. The predicted octanol–water partition coefficient (Wildman–Crippen LogP) is 2.58. The maximum Gasteiger partial charge on any atom is 0.433 e. The zero-order valence-corrected chi connectivity index (χ0v) is 9.90. The van der Waals surface area contributed by atoms with E-state index >= 15 is 0 Å². The van der Waals surface area contributed by atoms with E-state index in [1.165, 1.54) is 10.9 Å². The maximum absolute atomic E-state index is 10.4. The smallest absolute Gasteiger partial charge is 0.404 e. The number of nitro groups is 1. The third-order valence-electron chi connectivity index (χ3n) is 2.25. The number of thiophene rings is 1. The molecular formula is C11H12N2O3S. The molecule has 0 amide bonds. The fourth-order valence-electron chi connectivity index (χ4n) is 1.44. The van der Waals surface area contributed by atoms with E-state index < -0.39 is 4.92 Å². The number of hydrogen-bond donors (Lipinski definition) is 1. The lowest BCUT2D eigenvalue weighted by atomic mass is 10.3. The Balaban J connectivity index is 1.72. The Kier molecular flexibility index (Phi) is 3.89. The molecule has 2 heterocycles. The van der Waals surface area contributed by atoms with Crippen LogP contribution >= 0.6 is 11.3 Å². The minimum Gasteiger partial charge on any atom is -0.404 e. The van der Waals surface area contributed by atoms with E-state index in [1.807, 2.05) is 11.4 Å². The Morgan fingerprint density at radius 1 is 1.41 bits per heavy atom. The molecule has 0 saturated carbocycles. The fraction of sp³-hybridized carbons (Fsp3) is 0.273. The third kappa shape index (κ3) is 3.40. The summed E-state index contributed by atoms with van der Waals surface area (Å²) in [5.41, 5.74) is 0. The van der Waals surface area contributed by atoms with E-state index in [0.29, 0.717) is 12.3 Å². The molecule has 0 fully saturated rings. The van der Waals surface area contributed by atoms with Gasteiger partial charge < -0.3 is 9.73 Å². The van der Waals surface area contributed by atoms with Gasteiger partial charge in [-0.1, -0.05) is 6.07 Å². The lowest BCUT2D eigenvalue weighted by Gasteiger charge is -2.00. The van der Waals surface area contributed by atoms with Gasteiger partial charge in [0.15, 0.2) is 0 Å². The molecular weight excluding hydrogens is 240 g/mol. The minimum atomic E-state index is -0.533. The zero-order chi connectivity index (χ0) is 12.1. The molecule has 0 saturated heterocycles. The highest BCUT2D eigenvalue weighted by Gasteiger charge is 2.10. The van der Waals surface area contributed by atoms with Crippen LogP contribution in [0.15, 0.2) is 34.1 Å². The van der Waals surface area contributed by atoms with Gasteiger partial charge in [0.2, 0.25) is 0 Å². The van der Waals surface area contributed by atoms with Crippen molar-refractivity contribution in [2.24, 2.45) is 0 Å². The molecule has 2 rings (SSSR count). The van der Waals surface area contributed by atoms with Crippen molar-refractivity contribution in [2.45, 2.75) is 13.0 Å². The second kappa shape index (κ2) is 5.60. The molecule has 0 radical (unpaired) electrons. The predicted molar refractivity (Wildman–Crippen MR) is 65.1 cm³/mol. The highest BCUT2D eigenvalue weighted by atomic mass is 32.1. The summed E-state index contributed by atoms with van der Waals surface area (Å²) in [6.45, 7) is 1.34. The first-order valence-corrected chi connectivity index (χ1v) is 6.10. The SMILES string of the molecule is O=[N+]([O-])c1ccc(CNCCc2cccs2)o1. The van der Waals surface area contributed by atoms with Gasteiger partial charge >= 0.3 is 5.88 Å². The van der Waals surface area contributed by atoms with Crippen LogP contribution in [0.1, 0.15) is 10.6 Å². The van der Waals surface area contributed by atoms with Gasteiger partial charge in [-0.3, -0.25) is 10.1 Å². The van der Waals surface area contributed by atoms with Crippen molar-refractivity contribution in [3.8, 4) is 0 Å². The van der Waals surface area contributed by atoms with E-state index in [4.69, 9.17) is 4.42 Å². The number of furan rings is 1. The van der Waals surface area contributed by atoms with Crippen molar-refractivity contribution in [1.29, 1.82) is 0 Å². The van der Waals surface area contributed by atoms with Crippen LogP contribution in [0.5, 0.6) is 0 Å². The number of nitrogens with one attached hydrogen (secondary N) is 1. The van der Waals surface area contributed by atoms with Crippen LogP contribution in [0, 0.1) is 10.1 Å². The highest BCUT2D eigenvalue weighted by molar-refractivity contribution is 7.09. The Hall–Kier alpha value is -1.66. The van der Waals surface area contributed by atoms with E-state index in [1.54, 1.807) is 17.4 Å². The lowest BCUT2D eigenvalue weighted by Crippen LogP contribution is -2.15. The lowest BCUT2D eigenvalue weighted by molar-refractivity contribution is -0.402. The molecule has 17 heavy (non-hydrogen) atoms. The topological polar surface area (TPSA) is 68.3 Å². The van der Waals surface area contributed by atoms with Gasteiger partial charge in [0.05, 0.1) is 12.6 Å². The molecule has 90 valence electrons. The van der Waals surface area contributed by atoms with Crippen molar-refractivity contribution in [1.82, 2.24) is 5.32 Å². The number of rotatable bonds is 6. The summed E-state index contributed by atoms with van der Waals surface area (Å²) >= 11 is 1.72. The summed E-state index contributed by atoms with van der Waals surface area (Å²) in [6.07, 6.45) is 0.959. The van der Waals surface area contributed by atoms with Gasteiger partial charge in [-0.15, -0.1) is 11.3 Å². The highest BCUT2D eigenvalue weighted by Crippen LogP contribution is 2.15. The van der Waals surface area contributed by atoms with Crippen LogP contribution in [0.3, 0.4) is 0 Å². The third-order valence-corrected chi connectivity index (χ3v) is 3.19. The van der Waals surface area contributed by atoms with Crippen LogP contribution in [0.25, 0.3) is 0 Å². The average Bonchev–Trinajstić information content (AvgIpc) is 2.96. The molecule has 0 bridgehead atoms. The van der Waals surface area contributed by atoms with E-state index in [-0.39, 0.29) is 5.88 Å². The Labute approximate surface area is 102 Å². The summed E-state index contributed by atoms with van der Waals surface area (Å²) in [5.74, 6) is 0.378. The number of nitrogens with zero attached hydrogens (tertiary/aromatic N) is 1. The largest absolute Gasteiger partial charge is 0.433 e. The van der Waals surface area contributed by atoms with Gasteiger partial charge in [-0.05, 0) is 23.9 Å². The summed E-state index contributed by atoms with van der Waals surface area (Å²) in [5, 5.41) is 15.6. The molecule has 2 aromatic heterocycles. The van der Waals surface area contributed by atoms with Crippen molar-refractivity contribution < 1.29 is 9.34 Å². The standard InChI is InChI=1S/C11H12N2O3S/c14-13(15)11-4-3-9(16-11)8-12-6-5-10-2-1-7-17-10/h1-4,7,12H,5-6,8H2. The molecule has 0 aliphatic heterocycles. The number of hydrogen-bond acceptors (Lipinski definition) is 5. The maximum atomic E-state index is 10.4. The van der Waals surface area contributed by atoms with Crippen LogP contribution in [-0.4, -0.2) is 11.5 Å². The molecule has 2 aromatic rings. The monoisotopic (exact) mass is 252 g/mol. The fourth-order valence-corrected chi connectivity index (χ4v) is 2.15.